The number of likely N-dealkylation sites (tertiary alicyclic amines) is 1. The summed E-state index contributed by atoms with van der Waals surface area (Å²) in [5.74, 6) is 1.53. The van der Waals surface area contributed by atoms with Crippen LogP contribution in [0.15, 0.2) is 0 Å². The van der Waals surface area contributed by atoms with Crippen LogP contribution >= 0.6 is 11.8 Å². The van der Waals surface area contributed by atoms with Gasteiger partial charge in [-0.25, -0.2) is 0 Å². The molecule has 1 fully saturated rings. The second-order valence-corrected chi connectivity index (χ2v) is 7.10. The number of hydrogen-bond donors (Lipinski definition) is 1. The van der Waals surface area contributed by atoms with Gasteiger partial charge >= 0.3 is 0 Å². The SMILES string of the molecule is CSCCCNC1CCN(C(=O)C(C)(C)C)CC1. The van der Waals surface area contributed by atoms with Crippen molar-refractivity contribution in [2.75, 3.05) is 31.6 Å². The molecule has 0 bridgehead atoms. The highest BCUT2D eigenvalue weighted by atomic mass is 32.2. The molecule has 1 aliphatic heterocycles. The summed E-state index contributed by atoms with van der Waals surface area (Å²) in [6, 6.07) is 0.607. The van der Waals surface area contributed by atoms with E-state index in [4.69, 9.17) is 0 Å². The largest absolute Gasteiger partial charge is 0.342 e. The smallest absolute Gasteiger partial charge is 0.227 e. The fraction of sp³-hybridized carbons (Fsp3) is 0.929. The molecule has 0 aliphatic carbocycles. The van der Waals surface area contributed by atoms with Crippen LogP contribution in [0.2, 0.25) is 0 Å². The first kappa shape index (κ1) is 15.8. The van der Waals surface area contributed by atoms with Gasteiger partial charge in [-0.1, -0.05) is 20.8 Å². The summed E-state index contributed by atoms with van der Waals surface area (Å²) < 4.78 is 0. The molecule has 1 rings (SSSR count). The maximum atomic E-state index is 12.1. The first-order chi connectivity index (χ1) is 8.45. The molecule has 1 heterocycles. The third kappa shape index (κ3) is 5.19. The predicted octanol–water partition coefficient (Wildman–Crippen LogP) is 2.37. The number of rotatable bonds is 5. The Morgan fingerprint density at radius 3 is 2.44 bits per heavy atom. The lowest BCUT2D eigenvalue weighted by atomic mass is 9.93. The van der Waals surface area contributed by atoms with Crippen molar-refractivity contribution in [3.05, 3.63) is 0 Å². The van der Waals surface area contributed by atoms with Gasteiger partial charge in [-0.2, -0.15) is 11.8 Å². The van der Waals surface area contributed by atoms with Crippen LogP contribution in [0.25, 0.3) is 0 Å². The highest BCUT2D eigenvalue weighted by Gasteiger charge is 2.29. The molecule has 0 aromatic heterocycles. The first-order valence-corrected chi connectivity index (χ1v) is 8.36. The van der Waals surface area contributed by atoms with Crippen molar-refractivity contribution in [3.63, 3.8) is 0 Å². The summed E-state index contributed by atoms with van der Waals surface area (Å²) in [4.78, 5) is 14.2. The Bertz CT molecular complexity index is 255. The molecule has 1 amide bonds. The maximum absolute atomic E-state index is 12.1. The van der Waals surface area contributed by atoms with Gasteiger partial charge in [0.1, 0.15) is 0 Å². The Morgan fingerprint density at radius 1 is 1.33 bits per heavy atom. The van der Waals surface area contributed by atoms with Crippen LogP contribution < -0.4 is 5.32 Å². The molecule has 106 valence electrons. The number of nitrogens with one attached hydrogen (secondary N) is 1. The summed E-state index contributed by atoms with van der Waals surface area (Å²) in [5.41, 5.74) is -0.237. The van der Waals surface area contributed by atoms with Crippen LogP contribution in [0.5, 0.6) is 0 Å². The first-order valence-electron chi connectivity index (χ1n) is 6.97. The number of amides is 1. The normalized spacial score (nSPS) is 18.1. The van der Waals surface area contributed by atoms with Gasteiger partial charge in [0.15, 0.2) is 0 Å². The molecule has 3 nitrogen and oxygen atoms in total. The number of piperidine rings is 1. The number of hydrogen-bond acceptors (Lipinski definition) is 3. The third-order valence-corrected chi connectivity index (χ3v) is 4.08. The Hall–Kier alpha value is -0.220. The van der Waals surface area contributed by atoms with E-state index in [-0.39, 0.29) is 5.41 Å². The summed E-state index contributed by atoms with van der Waals surface area (Å²) in [6.07, 6.45) is 5.58. The molecule has 1 N–H and O–H groups in total. The Labute approximate surface area is 116 Å². The van der Waals surface area contributed by atoms with Crippen molar-refractivity contribution in [3.8, 4) is 0 Å². The lowest BCUT2D eigenvalue weighted by Gasteiger charge is -2.36. The van der Waals surface area contributed by atoms with Crippen LogP contribution in [0.4, 0.5) is 0 Å². The van der Waals surface area contributed by atoms with Gasteiger partial charge < -0.3 is 10.2 Å². The zero-order chi connectivity index (χ0) is 13.6. The molecule has 4 heteroatoms. The number of carbonyl (C=O) groups is 1. The minimum Gasteiger partial charge on any atom is -0.342 e. The topological polar surface area (TPSA) is 32.3 Å². The molecular weight excluding hydrogens is 244 g/mol. The zero-order valence-corrected chi connectivity index (χ0v) is 13.1. The van der Waals surface area contributed by atoms with Crippen molar-refractivity contribution in [2.45, 2.75) is 46.1 Å². The van der Waals surface area contributed by atoms with E-state index in [1.807, 2.05) is 37.4 Å². The monoisotopic (exact) mass is 272 g/mol. The second-order valence-electron chi connectivity index (χ2n) is 6.12. The molecule has 18 heavy (non-hydrogen) atoms. The summed E-state index contributed by atoms with van der Waals surface area (Å²) in [7, 11) is 0. The zero-order valence-electron chi connectivity index (χ0n) is 12.3. The third-order valence-electron chi connectivity index (χ3n) is 3.38. The van der Waals surface area contributed by atoms with Gasteiger partial charge in [0, 0.05) is 24.5 Å². The Kier molecular flexibility index (Phi) is 6.50. The molecule has 0 unspecified atom stereocenters. The maximum Gasteiger partial charge on any atom is 0.227 e. The van der Waals surface area contributed by atoms with E-state index >= 15 is 0 Å². The van der Waals surface area contributed by atoms with Gasteiger partial charge in [-0.15, -0.1) is 0 Å². The number of thioether (sulfide) groups is 1. The van der Waals surface area contributed by atoms with Crippen LogP contribution in [0.1, 0.15) is 40.0 Å². The van der Waals surface area contributed by atoms with E-state index < -0.39 is 0 Å². The van der Waals surface area contributed by atoms with E-state index in [2.05, 4.69) is 11.6 Å². The molecule has 0 atom stereocenters. The van der Waals surface area contributed by atoms with Crippen LogP contribution in [0.3, 0.4) is 0 Å². The van der Waals surface area contributed by atoms with Gasteiger partial charge in [-0.3, -0.25) is 4.79 Å². The lowest BCUT2D eigenvalue weighted by molar-refractivity contribution is -0.140. The Morgan fingerprint density at radius 2 is 1.94 bits per heavy atom. The van der Waals surface area contributed by atoms with Gasteiger partial charge in [0.05, 0.1) is 0 Å². The van der Waals surface area contributed by atoms with Crippen molar-refractivity contribution in [2.24, 2.45) is 5.41 Å². The standard InChI is InChI=1S/C14H28N2OS/c1-14(2,3)13(17)16-9-6-12(7-10-16)15-8-5-11-18-4/h12,15H,5-11H2,1-4H3. The van der Waals surface area contributed by atoms with Crippen LogP contribution in [-0.4, -0.2) is 48.5 Å². The van der Waals surface area contributed by atoms with E-state index in [1.165, 1.54) is 12.2 Å². The number of nitrogens with zero attached hydrogens (tertiary/aromatic N) is 1. The van der Waals surface area contributed by atoms with E-state index in [0.717, 1.165) is 32.5 Å². The number of carbonyl (C=O) groups excluding carboxylic acids is 1. The molecule has 0 radical (unpaired) electrons. The molecule has 1 saturated heterocycles. The lowest BCUT2D eigenvalue weighted by Crippen LogP contribution is -2.48. The molecule has 0 spiro atoms. The fourth-order valence-corrected chi connectivity index (χ4v) is 2.72. The average Bonchev–Trinajstić information content (AvgIpc) is 2.33. The van der Waals surface area contributed by atoms with Crippen molar-refractivity contribution < 1.29 is 4.79 Å². The summed E-state index contributed by atoms with van der Waals surface area (Å²) in [6.45, 7) is 8.94. The van der Waals surface area contributed by atoms with Crippen molar-refractivity contribution in [1.82, 2.24) is 10.2 Å². The minimum atomic E-state index is -0.237. The van der Waals surface area contributed by atoms with Crippen LogP contribution in [-0.2, 0) is 4.79 Å². The van der Waals surface area contributed by atoms with E-state index in [9.17, 15) is 4.79 Å². The Balaban J connectivity index is 2.22. The predicted molar refractivity (Wildman–Crippen MR) is 80.1 cm³/mol. The quantitative estimate of drug-likeness (QED) is 0.780. The average molecular weight is 272 g/mol. The highest BCUT2D eigenvalue weighted by molar-refractivity contribution is 7.98. The molecule has 0 saturated carbocycles. The molecule has 1 aliphatic rings. The molecular formula is C14H28N2OS. The fourth-order valence-electron chi connectivity index (χ4n) is 2.28. The van der Waals surface area contributed by atoms with Crippen molar-refractivity contribution in [1.29, 1.82) is 0 Å². The highest BCUT2D eigenvalue weighted by Crippen LogP contribution is 2.20. The van der Waals surface area contributed by atoms with E-state index in [0.29, 0.717) is 11.9 Å². The molecule has 0 aromatic carbocycles. The summed E-state index contributed by atoms with van der Waals surface area (Å²) in [5, 5.41) is 3.60. The summed E-state index contributed by atoms with van der Waals surface area (Å²) >= 11 is 1.90. The van der Waals surface area contributed by atoms with Crippen LogP contribution in [0, 0.1) is 5.41 Å². The van der Waals surface area contributed by atoms with Crippen molar-refractivity contribution >= 4 is 17.7 Å². The van der Waals surface area contributed by atoms with Gasteiger partial charge in [0.25, 0.3) is 0 Å². The van der Waals surface area contributed by atoms with E-state index in [1.54, 1.807) is 0 Å². The molecule has 0 aromatic rings. The minimum absolute atomic E-state index is 0.237. The van der Waals surface area contributed by atoms with Gasteiger partial charge in [0.2, 0.25) is 5.91 Å². The van der Waals surface area contributed by atoms with Gasteiger partial charge in [-0.05, 0) is 37.8 Å². The second kappa shape index (κ2) is 7.39.